The van der Waals surface area contributed by atoms with Crippen LogP contribution in [0.25, 0.3) is 6.08 Å². The number of nitrogens with one attached hydrogen (secondary N) is 1. The molecule has 0 aromatic heterocycles. The molecule has 1 aliphatic rings. The number of sulfone groups is 1. The van der Waals surface area contributed by atoms with Gasteiger partial charge in [0.1, 0.15) is 0 Å². The van der Waals surface area contributed by atoms with E-state index in [-0.39, 0.29) is 23.5 Å². The normalized spacial score (nSPS) is 19.4. The van der Waals surface area contributed by atoms with Crippen molar-refractivity contribution in [1.82, 2.24) is 5.32 Å². The van der Waals surface area contributed by atoms with E-state index in [2.05, 4.69) is 5.32 Å². The lowest BCUT2D eigenvalue weighted by Gasteiger charge is -2.12. The first-order valence-corrected chi connectivity index (χ1v) is 9.74. The van der Waals surface area contributed by atoms with E-state index < -0.39 is 9.84 Å². The second-order valence-corrected chi connectivity index (χ2v) is 8.04. The summed E-state index contributed by atoms with van der Waals surface area (Å²) in [6.07, 6.45) is 3.38. The van der Waals surface area contributed by atoms with Crippen LogP contribution in [0, 0.1) is 0 Å². The molecule has 6 nitrogen and oxygen atoms in total. The molecular formula is C16H20ClNO5S. The Bertz CT molecular complexity index is 745. The Labute approximate surface area is 146 Å². The molecule has 24 heavy (non-hydrogen) atoms. The summed E-state index contributed by atoms with van der Waals surface area (Å²) in [5.41, 5.74) is 0.675. The molecule has 0 saturated carbocycles. The van der Waals surface area contributed by atoms with Gasteiger partial charge in [-0.05, 0) is 37.1 Å². The lowest BCUT2D eigenvalue weighted by molar-refractivity contribution is -0.116. The summed E-state index contributed by atoms with van der Waals surface area (Å²) < 4.78 is 33.4. The van der Waals surface area contributed by atoms with E-state index in [1.54, 1.807) is 18.2 Å². The van der Waals surface area contributed by atoms with Gasteiger partial charge in [-0.15, -0.1) is 0 Å². The second kappa shape index (κ2) is 7.90. The van der Waals surface area contributed by atoms with Crippen molar-refractivity contribution in [3.8, 4) is 11.5 Å². The van der Waals surface area contributed by atoms with Crippen molar-refractivity contribution in [2.75, 3.05) is 25.2 Å². The van der Waals surface area contributed by atoms with E-state index in [1.165, 1.54) is 13.2 Å². The first-order valence-electron chi connectivity index (χ1n) is 7.54. The molecule has 8 heteroatoms. The summed E-state index contributed by atoms with van der Waals surface area (Å²) in [5.74, 6) is 0.703. The van der Waals surface area contributed by atoms with Gasteiger partial charge in [0.15, 0.2) is 21.3 Å². The number of methoxy groups -OCH3 is 1. The fourth-order valence-corrected chi connectivity index (χ4v) is 4.40. The zero-order valence-corrected chi connectivity index (χ0v) is 15.1. The Morgan fingerprint density at radius 1 is 1.46 bits per heavy atom. The third kappa shape index (κ3) is 4.88. The van der Waals surface area contributed by atoms with E-state index in [0.717, 1.165) is 0 Å². The van der Waals surface area contributed by atoms with Gasteiger partial charge in [-0.3, -0.25) is 4.79 Å². The number of hydrogen-bond acceptors (Lipinski definition) is 5. The maximum absolute atomic E-state index is 11.9. The van der Waals surface area contributed by atoms with Gasteiger partial charge in [0.05, 0.1) is 30.2 Å². The van der Waals surface area contributed by atoms with Crippen molar-refractivity contribution in [3.63, 3.8) is 0 Å². The molecule has 1 aliphatic heterocycles. The van der Waals surface area contributed by atoms with Crippen LogP contribution >= 0.6 is 11.6 Å². The Balaban J connectivity index is 2.06. The van der Waals surface area contributed by atoms with Gasteiger partial charge >= 0.3 is 0 Å². The summed E-state index contributed by atoms with van der Waals surface area (Å²) in [7, 11) is -1.51. The van der Waals surface area contributed by atoms with Gasteiger partial charge in [-0.2, -0.15) is 0 Å². The van der Waals surface area contributed by atoms with Crippen LogP contribution in [0.1, 0.15) is 18.9 Å². The molecule has 0 bridgehead atoms. The van der Waals surface area contributed by atoms with Gasteiger partial charge in [-0.25, -0.2) is 8.42 Å². The molecule has 1 amide bonds. The van der Waals surface area contributed by atoms with Crippen LogP contribution in [-0.2, 0) is 14.6 Å². The van der Waals surface area contributed by atoms with Crippen molar-refractivity contribution < 1.29 is 22.7 Å². The third-order valence-electron chi connectivity index (χ3n) is 3.55. The molecule has 1 aromatic rings. The van der Waals surface area contributed by atoms with E-state index in [9.17, 15) is 13.2 Å². The predicted octanol–water partition coefficient (Wildman–Crippen LogP) is 2.06. The highest BCUT2D eigenvalue weighted by atomic mass is 35.5. The number of hydrogen-bond donors (Lipinski definition) is 1. The number of benzene rings is 1. The first kappa shape index (κ1) is 18.6. The van der Waals surface area contributed by atoms with Crippen molar-refractivity contribution in [1.29, 1.82) is 0 Å². The Hall–Kier alpha value is -1.73. The molecule has 1 aromatic carbocycles. The number of amides is 1. The summed E-state index contributed by atoms with van der Waals surface area (Å²) in [5, 5.41) is 3.07. The average molecular weight is 374 g/mol. The Morgan fingerprint density at radius 2 is 2.21 bits per heavy atom. The monoisotopic (exact) mass is 373 g/mol. The van der Waals surface area contributed by atoms with Crippen LogP contribution in [0.2, 0.25) is 5.02 Å². The third-order valence-corrected chi connectivity index (χ3v) is 5.60. The molecule has 132 valence electrons. The van der Waals surface area contributed by atoms with Gasteiger partial charge < -0.3 is 14.8 Å². The summed E-state index contributed by atoms with van der Waals surface area (Å²) >= 11 is 6.17. The van der Waals surface area contributed by atoms with E-state index in [0.29, 0.717) is 35.1 Å². The van der Waals surface area contributed by atoms with Crippen LogP contribution in [0.15, 0.2) is 18.2 Å². The largest absolute Gasteiger partial charge is 0.493 e. The van der Waals surface area contributed by atoms with E-state index >= 15 is 0 Å². The summed E-state index contributed by atoms with van der Waals surface area (Å²) in [6.45, 7) is 2.30. The summed E-state index contributed by atoms with van der Waals surface area (Å²) in [6, 6.07) is 3.05. The molecule has 0 aliphatic carbocycles. The number of carbonyl (C=O) groups excluding carboxylic acids is 1. The lowest BCUT2D eigenvalue weighted by atomic mass is 10.1. The molecular weight excluding hydrogens is 354 g/mol. The van der Waals surface area contributed by atoms with Crippen LogP contribution in [0.3, 0.4) is 0 Å². The highest BCUT2D eigenvalue weighted by Gasteiger charge is 2.28. The van der Waals surface area contributed by atoms with Crippen molar-refractivity contribution >= 4 is 33.4 Å². The Kier molecular flexibility index (Phi) is 6.12. The van der Waals surface area contributed by atoms with Gasteiger partial charge in [0.2, 0.25) is 5.91 Å². The average Bonchev–Trinajstić information content (AvgIpc) is 2.86. The smallest absolute Gasteiger partial charge is 0.244 e. The molecule has 2 rings (SSSR count). The maximum atomic E-state index is 11.9. The lowest BCUT2D eigenvalue weighted by Crippen LogP contribution is -2.34. The molecule has 1 fully saturated rings. The topological polar surface area (TPSA) is 81.7 Å². The second-order valence-electron chi connectivity index (χ2n) is 5.41. The molecule has 1 saturated heterocycles. The van der Waals surface area contributed by atoms with Crippen LogP contribution in [0.5, 0.6) is 11.5 Å². The molecule has 1 N–H and O–H groups in total. The minimum Gasteiger partial charge on any atom is -0.493 e. The van der Waals surface area contributed by atoms with Crippen molar-refractivity contribution in [2.45, 2.75) is 19.4 Å². The van der Waals surface area contributed by atoms with Crippen LogP contribution < -0.4 is 14.8 Å². The molecule has 0 spiro atoms. The molecule has 1 atom stereocenters. The van der Waals surface area contributed by atoms with Gasteiger partial charge in [0.25, 0.3) is 0 Å². The quantitative estimate of drug-likeness (QED) is 0.772. The van der Waals surface area contributed by atoms with E-state index in [1.807, 2.05) is 6.92 Å². The number of halogens is 1. The summed E-state index contributed by atoms with van der Waals surface area (Å²) in [4.78, 5) is 11.9. The van der Waals surface area contributed by atoms with Gasteiger partial charge in [-0.1, -0.05) is 11.6 Å². The predicted molar refractivity (Wildman–Crippen MR) is 93.4 cm³/mol. The SMILES string of the molecule is CCOc1c(Cl)cc(C=CC(=O)NC2CCS(=O)(=O)C2)cc1OC. The highest BCUT2D eigenvalue weighted by Crippen LogP contribution is 2.36. The zero-order valence-electron chi connectivity index (χ0n) is 13.5. The fraction of sp³-hybridized carbons (Fsp3) is 0.438. The standard InChI is InChI=1S/C16H20ClNO5S/c1-3-23-16-13(17)8-11(9-14(16)22-2)4-5-15(19)18-12-6-7-24(20,21)10-12/h4-5,8-9,12H,3,6-7,10H2,1-2H3,(H,18,19). The zero-order chi connectivity index (χ0) is 17.7. The molecule has 1 unspecified atom stereocenters. The van der Waals surface area contributed by atoms with Gasteiger partial charge in [0, 0.05) is 12.1 Å². The number of carbonyl (C=O) groups is 1. The minimum atomic E-state index is -3.02. The van der Waals surface area contributed by atoms with E-state index in [4.69, 9.17) is 21.1 Å². The van der Waals surface area contributed by atoms with Crippen molar-refractivity contribution in [3.05, 3.63) is 28.8 Å². The first-order chi connectivity index (χ1) is 11.3. The maximum Gasteiger partial charge on any atom is 0.244 e. The van der Waals surface area contributed by atoms with Crippen molar-refractivity contribution in [2.24, 2.45) is 0 Å². The Morgan fingerprint density at radius 3 is 2.79 bits per heavy atom. The number of ether oxygens (including phenoxy) is 2. The molecule has 1 heterocycles. The highest BCUT2D eigenvalue weighted by molar-refractivity contribution is 7.91. The van der Waals surface area contributed by atoms with Crippen LogP contribution in [-0.4, -0.2) is 45.6 Å². The number of rotatable bonds is 6. The fourth-order valence-electron chi connectivity index (χ4n) is 2.45. The van der Waals surface area contributed by atoms with Crippen LogP contribution in [0.4, 0.5) is 0 Å². The minimum absolute atomic E-state index is 0.00468. The molecule has 0 radical (unpaired) electrons.